The minimum Gasteiger partial charge on any atom is -0.297 e. The standard InChI is InChI=1S/C22H18N4S2/c23-15-19(14-17-8-3-1-4-9-17)28-22-25-24-21(20-12-7-13-27-20)26(22)16-18-10-5-2-6-11-18/h1-13,19H,14,16H2. The summed E-state index contributed by atoms with van der Waals surface area (Å²) in [5, 5.41) is 21.2. The van der Waals surface area contributed by atoms with Crippen molar-refractivity contribution >= 4 is 23.1 Å². The summed E-state index contributed by atoms with van der Waals surface area (Å²) in [5.74, 6) is 0.845. The van der Waals surface area contributed by atoms with Crippen molar-refractivity contribution in [1.82, 2.24) is 14.8 Å². The summed E-state index contributed by atoms with van der Waals surface area (Å²) in [6.07, 6.45) is 0.675. The molecule has 0 aliphatic carbocycles. The Hall–Kier alpha value is -2.88. The van der Waals surface area contributed by atoms with E-state index in [4.69, 9.17) is 0 Å². The van der Waals surface area contributed by atoms with Gasteiger partial charge in [-0.3, -0.25) is 4.57 Å². The Morgan fingerprint density at radius 2 is 1.64 bits per heavy atom. The normalized spacial score (nSPS) is 11.8. The third kappa shape index (κ3) is 4.33. The molecule has 0 radical (unpaired) electrons. The number of thiophene rings is 1. The first-order chi connectivity index (χ1) is 13.8. The minimum absolute atomic E-state index is 0.225. The molecule has 1 unspecified atom stereocenters. The molecule has 0 amide bonds. The van der Waals surface area contributed by atoms with Gasteiger partial charge in [-0.2, -0.15) is 5.26 Å². The lowest BCUT2D eigenvalue weighted by Gasteiger charge is -2.12. The monoisotopic (exact) mass is 402 g/mol. The maximum absolute atomic E-state index is 9.69. The Bertz CT molecular complexity index is 1050. The molecule has 2 heterocycles. The van der Waals surface area contributed by atoms with Crippen LogP contribution in [0.25, 0.3) is 10.7 Å². The molecule has 0 spiro atoms. The number of aromatic nitrogens is 3. The Morgan fingerprint density at radius 3 is 2.29 bits per heavy atom. The van der Waals surface area contributed by atoms with Gasteiger partial charge in [-0.05, 0) is 29.0 Å². The van der Waals surface area contributed by atoms with Crippen molar-refractivity contribution in [2.75, 3.05) is 0 Å². The lowest BCUT2D eigenvalue weighted by molar-refractivity contribution is 0.714. The van der Waals surface area contributed by atoms with Gasteiger partial charge >= 0.3 is 0 Å². The maximum Gasteiger partial charge on any atom is 0.193 e. The minimum atomic E-state index is -0.225. The molecule has 0 saturated heterocycles. The van der Waals surface area contributed by atoms with E-state index >= 15 is 0 Å². The molecule has 4 nitrogen and oxygen atoms in total. The fraction of sp³-hybridized carbons (Fsp3) is 0.136. The average molecular weight is 403 g/mol. The van der Waals surface area contributed by atoms with Gasteiger partial charge in [-0.25, -0.2) is 0 Å². The second-order valence-electron chi connectivity index (χ2n) is 6.28. The predicted octanol–water partition coefficient (Wildman–Crippen LogP) is 5.28. The van der Waals surface area contributed by atoms with Crippen molar-refractivity contribution in [1.29, 1.82) is 5.26 Å². The Balaban J connectivity index is 1.63. The van der Waals surface area contributed by atoms with Gasteiger partial charge < -0.3 is 0 Å². The number of nitriles is 1. The van der Waals surface area contributed by atoms with Crippen LogP contribution in [0.2, 0.25) is 0 Å². The molecule has 0 bridgehead atoms. The molecular weight excluding hydrogens is 384 g/mol. The molecule has 4 aromatic rings. The predicted molar refractivity (Wildman–Crippen MR) is 114 cm³/mol. The van der Waals surface area contributed by atoms with Gasteiger partial charge in [-0.1, -0.05) is 78.5 Å². The van der Waals surface area contributed by atoms with Crippen LogP contribution in [0.4, 0.5) is 0 Å². The molecule has 6 heteroatoms. The zero-order valence-electron chi connectivity index (χ0n) is 15.1. The Labute approximate surface area is 172 Å². The van der Waals surface area contributed by atoms with Crippen molar-refractivity contribution < 1.29 is 0 Å². The van der Waals surface area contributed by atoms with Crippen LogP contribution in [-0.4, -0.2) is 20.0 Å². The number of thioether (sulfide) groups is 1. The molecule has 138 valence electrons. The van der Waals surface area contributed by atoms with Gasteiger partial charge in [0, 0.05) is 0 Å². The first kappa shape index (κ1) is 18.5. The van der Waals surface area contributed by atoms with Crippen molar-refractivity contribution in [2.45, 2.75) is 23.4 Å². The highest BCUT2D eigenvalue weighted by molar-refractivity contribution is 8.00. The molecule has 0 aliphatic heterocycles. The van der Waals surface area contributed by atoms with Crippen molar-refractivity contribution in [3.05, 3.63) is 89.3 Å². The van der Waals surface area contributed by atoms with E-state index < -0.39 is 0 Å². The van der Waals surface area contributed by atoms with Crippen LogP contribution in [0.1, 0.15) is 11.1 Å². The number of benzene rings is 2. The van der Waals surface area contributed by atoms with Gasteiger partial charge in [0.1, 0.15) is 5.25 Å². The summed E-state index contributed by atoms with van der Waals surface area (Å²) in [6.45, 7) is 0.674. The summed E-state index contributed by atoms with van der Waals surface area (Å²) < 4.78 is 2.11. The third-order valence-electron chi connectivity index (χ3n) is 4.30. The van der Waals surface area contributed by atoms with Gasteiger partial charge in [-0.15, -0.1) is 21.5 Å². The van der Waals surface area contributed by atoms with E-state index in [-0.39, 0.29) is 5.25 Å². The van der Waals surface area contributed by atoms with E-state index in [0.29, 0.717) is 13.0 Å². The summed E-state index contributed by atoms with van der Waals surface area (Å²) >= 11 is 3.12. The highest BCUT2D eigenvalue weighted by atomic mass is 32.2. The zero-order valence-corrected chi connectivity index (χ0v) is 16.7. The maximum atomic E-state index is 9.69. The molecule has 1 atom stereocenters. The van der Waals surface area contributed by atoms with Gasteiger partial charge in [0.05, 0.1) is 17.5 Å². The van der Waals surface area contributed by atoms with Crippen LogP contribution < -0.4 is 0 Å². The second-order valence-corrected chi connectivity index (χ2v) is 8.40. The number of hydrogen-bond acceptors (Lipinski definition) is 5. The zero-order chi connectivity index (χ0) is 19.2. The highest BCUT2D eigenvalue weighted by Crippen LogP contribution is 2.30. The molecule has 0 saturated carbocycles. The van der Waals surface area contributed by atoms with Crippen molar-refractivity contribution in [2.24, 2.45) is 0 Å². The first-order valence-corrected chi connectivity index (χ1v) is 10.7. The summed E-state index contributed by atoms with van der Waals surface area (Å²) in [5.41, 5.74) is 2.33. The van der Waals surface area contributed by atoms with Crippen LogP contribution in [0, 0.1) is 11.3 Å². The molecule has 2 aromatic carbocycles. The summed E-state index contributed by atoms with van der Waals surface area (Å²) in [6, 6.07) is 26.8. The fourth-order valence-electron chi connectivity index (χ4n) is 2.94. The molecular formula is C22H18N4S2. The average Bonchev–Trinajstić information content (AvgIpc) is 3.39. The molecule has 0 N–H and O–H groups in total. The Morgan fingerprint density at radius 1 is 0.929 bits per heavy atom. The number of nitrogens with zero attached hydrogens (tertiary/aromatic N) is 4. The number of rotatable bonds is 7. The van der Waals surface area contributed by atoms with Crippen LogP contribution in [-0.2, 0) is 13.0 Å². The topological polar surface area (TPSA) is 54.5 Å². The van der Waals surface area contributed by atoms with Crippen LogP contribution >= 0.6 is 23.1 Å². The van der Waals surface area contributed by atoms with E-state index in [2.05, 4.69) is 51.2 Å². The van der Waals surface area contributed by atoms with Crippen molar-refractivity contribution in [3.8, 4) is 16.8 Å². The fourth-order valence-corrected chi connectivity index (χ4v) is 4.61. The van der Waals surface area contributed by atoms with Crippen LogP contribution in [0.5, 0.6) is 0 Å². The quantitative estimate of drug-likeness (QED) is 0.395. The smallest absolute Gasteiger partial charge is 0.193 e. The summed E-state index contributed by atoms with van der Waals surface area (Å²) in [4.78, 5) is 1.08. The van der Waals surface area contributed by atoms with E-state index in [1.165, 1.54) is 17.3 Å². The molecule has 2 aromatic heterocycles. The lowest BCUT2D eigenvalue weighted by Crippen LogP contribution is -2.08. The molecule has 28 heavy (non-hydrogen) atoms. The molecule has 0 aliphatic rings. The third-order valence-corrected chi connectivity index (χ3v) is 6.23. The molecule has 4 rings (SSSR count). The van der Waals surface area contributed by atoms with E-state index in [9.17, 15) is 5.26 Å². The number of hydrogen-bond donors (Lipinski definition) is 0. The van der Waals surface area contributed by atoms with Gasteiger partial charge in [0.25, 0.3) is 0 Å². The Kier molecular flexibility index (Phi) is 5.86. The van der Waals surface area contributed by atoms with Crippen LogP contribution in [0.15, 0.2) is 83.3 Å². The largest absolute Gasteiger partial charge is 0.297 e. The van der Waals surface area contributed by atoms with E-state index in [0.717, 1.165) is 21.4 Å². The van der Waals surface area contributed by atoms with Gasteiger partial charge in [0.2, 0.25) is 0 Å². The van der Waals surface area contributed by atoms with Gasteiger partial charge in [0.15, 0.2) is 11.0 Å². The SMILES string of the molecule is N#CC(Cc1ccccc1)Sc1nnc(-c2cccs2)n1Cc1ccccc1. The lowest BCUT2D eigenvalue weighted by atomic mass is 10.1. The molecule has 0 fully saturated rings. The first-order valence-electron chi connectivity index (χ1n) is 8.94. The van der Waals surface area contributed by atoms with Crippen LogP contribution in [0.3, 0.4) is 0 Å². The van der Waals surface area contributed by atoms with Crippen molar-refractivity contribution in [3.63, 3.8) is 0 Å². The van der Waals surface area contributed by atoms with E-state index in [1.54, 1.807) is 11.3 Å². The summed E-state index contributed by atoms with van der Waals surface area (Å²) in [7, 11) is 0. The van der Waals surface area contributed by atoms with E-state index in [1.807, 2.05) is 47.8 Å². The second kappa shape index (κ2) is 8.87. The highest BCUT2D eigenvalue weighted by Gasteiger charge is 2.20.